The number of primary amides is 1. The van der Waals surface area contributed by atoms with E-state index in [9.17, 15) is 9.59 Å². The summed E-state index contributed by atoms with van der Waals surface area (Å²) in [6.45, 7) is 3.70. The summed E-state index contributed by atoms with van der Waals surface area (Å²) in [5.41, 5.74) is 11.5. The summed E-state index contributed by atoms with van der Waals surface area (Å²) < 4.78 is 0. The summed E-state index contributed by atoms with van der Waals surface area (Å²) in [4.78, 5) is 22.8. The van der Waals surface area contributed by atoms with Gasteiger partial charge in [0.05, 0.1) is 16.6 Å². The number of amides is 2. The van der Waals surface area contributed by atoms with Crippen molar-refractivity contribution in [1.29, 1.82) is 0 Å². The van der Waals surface area contributed by atoms with Crippen molar-refractivity contribution < 1.29 is 9.59 Å². The van der Waals surface area contributed by atoms with Crippen LogP contribution in [0.2, 0.25) is 5.02 Å². The first kappa shape index (κ1) is 17.7. The quantitative estimate of drug-likeness (QED) is 0.790. The minimum atomic E-state index is -0.649. The summed E-state index contributed by atoms with van der Waals surface area (Å²) in [7, 11) is 0. The van der Waals surface area contributed by atoms with E-state index >= 15 is 0 Å². The van der Waals surface area contributed by atoms with Crippen LogP contribution in [-0.2, 0) is 4.79 Å². The van der Waals surface area contributed by atoms with Crippen molar-refractivity contribution in [2.75, 3.05) is 5.32 Å². The van der Waals surface area contributed by atoms with E-state index in [2.05, 4.69) is 5.32 Å². The zero-order chi connectivity index (χ0) is 13.9. The third kappa shape index (κ3) is 4.70. The molecule has 7 heteroatoms. The van der Waals surface area contributed by atoms with Crippen molar-refractivity contribution >= 4 is 41.5 Å². The van der Waals surface area contributed by atoms with Crippen molar-refractivity contribution in [2.24, 2.45) is 17.4 Å². The SMILES string of the molecule is CC(C)C(N)C(=O)Nc1ccc(Cl)c(C(N)=O)c1.Cl. The number of carbonyl (C=O) groups excluding carboxylic acids is 2. The van der Waals surface area contributed by atoms with Gasteiger partial charge in [0, 0.05) is 5.69 Å². The average molecular weight is 306 g/mol. The van der Waals surface area contributed by atoms with Crippen LogP contribution in [0.1, 0.15) is 24.2 Å². The molecule has 0 spiro atoms. The monoisotopic (exact) mass is 305 g/mol. The Hall–Kier alpha value is -1.30. The molecule has 0 saturated carbocycles. The molecule has 0 aliphatic heterocycles. The maximum Gasteiger partial charge on any atom is 0.250 e. The fourth-order valence-corrected chi connectivity index (χ4v) is 1.53. The van der Waals surface area contributed by atoms with Crippen molar-refractivity contribution in [2.45, 2.75) is 19.9 Å². The molecule has 5 N–H and O–H groups in total. The molecule has 2 amide bonds. The lowest BCUT2D eigenvalue weighted by atomic mass is 10.0. The minimum Gasteiger partial charge on any atom is -0.366 e. The summed E-state index contributed by atoms with van der Waals surface area (Å²) in [6.07, 6.45) is 0. The second kappa shape index (κ2) is 7.33. The van der Waals surface area contributed by atoms with E-state index in [4.69, 9.17) is 23.1 Å². The highest BCUT2D eigenvalue weighted by Gasteiger charge is 2.17. The predicted molar refractivity (Wildman–Crippen MR) is 78.7 cm³/mol. The third-order valence-electron chi connectivity index (χ3n) is 2.52. The number of anilines is 1. The molecule has 0 saturated heterocycles. The lowest BCUT2D eigenvalue weighted by Gasteiger charge is -2.15. The first-order valence-corrected chi connectivity index (χ1v) is 5.86. The summed E-state index contributed by atoms with van der Waals surface area (Å²) in [6, 6.07) is 3.89. The number of nitrogens with two attached hydrogens (primary N) is 2. The molecule has 1 atom stereocenters. The predicted octanol–water partition coefficient (Wildman–Crippen LogP) is 1.78. The van der Waals surface area contributed by atoms with Gasteiger partial charge < -0.3 is 16.8 Å². The van der Waals surface area contributed by atoms with Crippen LogP contribution < -0.4 is 16.8 Å². The number of carbonyl (C=O) groups is 2. The average Bonchev–Trinajstić information content (AvgIpc) is 2.29. The topological polar surface area (TPSA) is 98.2 Å². The normalized spacial score (nSPS) is 11.6. The number of benzene rings is 1. The molecule has 0 aliphatic carbocycles. The number of hydrogen-bond acceptors (Lipinski definition) is 3. The molecule has 0 aromatic heterocycles. The Morgan fingerprint density at radius 3 is 2.37 bits per heavy atom. The number of rotatable bonds is 4. The van der Waals surface area contributed by atoms with Gasteiger partial charge in [0.25, 0.3) is 0 Å². The van der Waals surface area contributed by atoms with Gasteiger partial charge in [-0.25, -0.2) is 0 Å². The van der Waals surface area contributed by atoms with Gasteiger partial charge in [0.1, 0.15) is 0 Å². The van der Waals surface area contributed by atoms with Crippen LogP contribution in [-0.4, -0.2) is 17.9 Å². The lowest BCUT2D eigenvalue weighted by molar-refractivity contribution is -0.118. The summed E-state index contributed by atoms with van der Waals surface area (Å²) >= 11 is 5.80. The molecule has 19 heavy (non-hydrogen) atoms. The van der Waals surface area contributed by atoms with Gasteiger partial charge in [0.2, 0.25) is 11.8 Å². The molecule has 0 radical (unpaired) electrons. The molecule has 1 unspecified atom stereocenters. The zero-order valence-corrected chi connectivity index (χ0v) is 12.2. The Labute approximate surface area is 123 Å². The van der Waals surface area contributed by atoms with Crippen molar-refractivity contribution in [3.8, 4) is 0 Å². The third-order valence-corrected chi connectivity index (χ3v) is 2.85. The highest BCUT2D eigenvalue weighted by Crippen LogP contribution is 2.20. The largest absolute Gasteiger partial charge is 0.366 e. The molecule has 1 aromatic rings. The lowest BCUT2D eigenvalue weighted by Crippen LogP contribution is -2.39. The Morgan fingerprint density at radius 1 is 1.32 bits per heavy atom. The number of hydrogen-bond donors (Lipinski definition) is 3. The molecule has 0 heterocycles. The highest BCUT2D eigenvalue weighted by atomic mass is 35.5. The van der Waals surface area contributed by atoms with Crippen LogP contribution in [0.3, 0.4) is 0 Å². The van der Waals surface area contributed by atoms with Crippen molar-refractivity contribution in [3.05, 3.63) is 28.8 Å². The molecule has 1 aromatic carbocycles. The second-order valence-corrected chi connectivity index (χ2v) is 4.73. The summed E-state index contributed by atoms with van der Waals surface area (Å²) in [5, 5.41) is 2.86. The van der Waals surface area contributed by atoms with Gasteiger partial charge in [-0.2, -0.15) is 0 Å². The zero-order valence-electron chi connectivity index (χ0n) is 10.6. The molecule has 0 bridgehead atoms. The number of nitrogens with one attached hydrogen (secondary N) is 1. The standard InChI is InChI=1S/C12H16ClN3O2.ClH/c1-6(2)10(14)12(18)16-7-3-4-9(13)8(5-7)11(15)17;/h3-6,10H,14H2,1-2H3,(H2,15,17)(H,16,18);1H. The summed E-state index contributed by atoms with van der Waals surface area (Å²) in [5.74, 6) is -0.945. The van der Waals surface area contributed by atoms with Crippen LogP contribution in [0.5, 0.6) is 0 Å². The fourth-order valence-electron chi connectivity index (χ4n) is 1.32. The first-order chi connectivity index (χ1) is 8.32. The van der Waals surface area contributed by atoms with Gasteiger partial charge in [-0.3, -0.25) is 9.59 Å². The molecule has 5 nitrogen and oxygen atoms in total. The first-order valence-electron chi connectivity index (χ1n) is 5.48. The molecule has 106 valence electrons. The minimum absolute atomic E-state index is 0. The Balaban J connectivity index is 0.00000324. The molecular weight excluding hydrogens is 289 g/mol. The fraction of sp³-hybridized carbons (Fsp3) is 0.333. The van der Waals surface area contributed by atoms with Crippen LogP contribution in [0.25, 0.3) is 0 Å². The van der Waals surface area contributed by atoms with Crippen LogP contribution in [0.15, 0.2) is 18.2 Å². The van der Waals surface area contributed by atoms with E-state index < -0.39 is 11.9 Å². The Bertz CT molecular complexity index is 478. The van der Waals surface area contributed by atoms with Gasteiger partial charge in [-0.05, 0) is 24.1 Å². The molecule has 0 aliphatic rings. The van der Waals surface area contributed by atoms with Gasteiger partial charge >= 0.3 is 0 Å². The van der Waals surface area contributed by atoms with Gasteiger partial charge in [0.15, 0.2) is 0 Å². The van der Waals surface area contributed by atoms with E-state index in [-0.39, 0.29) is 34.8 Å². The Morgan fingerprint density at radius 2 is 1.89 bits per heavy atom. The maximum absolute atomic E-state index is 11.7. The highest BCUT2D eigenvalue weighted by molar-refractivity contribution is 6.34. The maximum atomic E-state index is 11.7. The van der Waals surface area contributed by atoms with Crippen molar-refractivity contribution in [1.82, 2.24) is 0 Å². The number of halogens is 2. The van der Waals surface area contributed by atoms with Crippen LogP contribution in [0, 0.1) is 5.92 Å². The van der Waals surface area contributed by atoms with Crippen LogP contribution in [0.4, 0.5) is 5.69 Å². The van der Waals surface area contributed by atoms with Crippen molar-refractivity contribution in [3.63, 3.8) is 0 Å². The molecule has 1 rings (SSSR count). The van der Waals surface area contributed by atoms with Crippen LogP contribution >= 0.6 is 24.0 Å². The Kier molecular flexibility index (Phi) is 6.83. The molecular formula is C12H17Cl2N3O2. The van der Waals surface area contributed by atoms with E-state index in [1.807, 2.05) is 13.8 Å². The van der Waals surface area contributed by atoms with E-state index in [0.29, 0.717) is 5.69 Å². The second-order valence-electron chi connectivity index (χ2n) is 4.32. The van der Waals surface area contributed by atoms with E-state index in [0.717, 1.165) is 0 Å². The van der Waals surface area contributed by atoms with E-state index in [1.54, 1.807) is 6.07 Å². The smallest absolute Gasteiger partial charge is 0.250 e. The molecule has 0 fully saturated rings. The van der Waals surface area contributed by atoms with Gasteiger partial charge in [-0.1, -0.05) is 25.4 Å². The van der Waals surface area contributed by atoms with E-state index in [1.165, 1.54) is 12.1 Å². The van der Waals surface area contributed by atoms with Gasteiger partial charge in [-0.15, -0.1) is 12.4 Å².